The van der Waals surface area contributed by atoms with E-state index in [4.69, 9.17) is 0 Å². The van der Waals surface area contributed by atoms with Crippen molar-refractivity contribution in [2.75, 3.05) is 19.6 Å². The molecule has 0 radical (unpaired) electrons. The predicted molar refractivity (Wildman–Crippen MR) is 91.6 cm³/mol. The molecule has 2 saturated heterocycles. The van der Waals surface area contributed by atoms with Gasteiger partial charge in [0.1, 0.15) is 0 Å². The van der Waals surface area contributed by atoms with E-state index in [-0.39, 0.29) is 36.7 Å². The van der Waals surface area contributed by atoms with Gasteiger partial charge in [-0.1, -0.05) is 30.3 Å². The van der Waals surface area contributed by atoms with Crippen LogP contribution in [0.5, 0.6) is 0 Å². The highest BCUT2D eigenvalue weighted by Gasteiger charge is 2.45. The number of hydrogen-bond donors (Lipinski definition) is 1. The zero-order chi connectivity index (χ0) is 18.2. The highest BCUT2D eigenvalue weighted by atomic mass is 16.4. The van der Waals surface area contributed by atoms with Crippen LogP contribution < -0.4 is 0 Å². The molecule has 0 bridgehead atoms. The van der Waals surface area contributed by atoms with Crippen LogP contribution in [0.25, 0.3) is 0 Å². The van der Waals surface area contributed by atoms with Gasteiger partial charge in [-0.3, -0.25) is 14.4 Å². The Morgan fingerprint density at radius 1 is 1.28 bits per heavy atom. The molecule has 1 aromatic rings. The Labute approximate surface area is 147 Å². The first-order valence-electron chi connectivity index (χ1n) is 8.68. The minimum Gasteiger partial charge on any atom is -0.481 e. The minimum atomic E-state index is -0.880. The van der Waals surface area contributed by atoms with Crippen molar-refractivity contribution >= 4 is 17.8 Å². The molecule has 3 atom stereocenters. The molecule has 0 aromatic heterocycles. The van der Waals surface area contributed by atoms with Gasteiger partial charge in [-0.15, -0.1) is 0 Å². The Balaban J connectivity index is 1.66. The molecule has 25 heavy (non-hydrogen) atoms. The summed E-state index contributed by atoms with van der Waals surface area (Å²) in [6.07, 6.45) is 0.662. The SMILES string of the molecule is C[C@H](c1ccccc1)N1C[C@@H](C(=O)N2CC[C@](C)(C(=O)O)C2)CC1=O. The summed E-state index contributed by atoms with van der Waals surface area (Å²) in [6.45, 7) is 4.71. The van der Waals surface area contributed by atoms with Gasteiger partial charge >= 0.3 is 5.97 Å². The molecule has 2 amide bonds. The maximum absolute atomic E-state index is 12.8. The van der Waals surface area contributed by atoms with Gasteiger partial charge in [0.2, 0.25) is 11.8 Å². The average Bonchev–Trinajstić information content (AvgIpc) is 3.19. The lowest BCUT2D eigenvalue weighted by Gasteiger charge is -2.26. The van der Waals surface area contributed by atoms with Crippen LogP contribution in [0.4, 0.5) is 0 Å². The molecular weight excluding hydrogens is 320 g/mol. The van der Waals surface area contributed by atoms with Gasteiger partial charge in [0.05, 0.1) is 17.4 Å². The molecule has 0 saturated carbocycles. The molecule has 0 unspecified atom stereocenters. The summed E-state index contributed by atoms with van der Waals surface area (Å²) in [5.41, 5.74) is 0.165. The highest BCUT2D eigenvalue weighted by Crippen LogP contribution is 2.34. The van der Waals surface area contributed by atoms with Gasteiger partial charge in [-0.25, -0.2) is 0 Å². The van der Waals surface area contributed by atoms with Crippen LogP contribution in [0.2, 0.25) is 0 Å². The summed E-state index contributed by atoms with van der Waals surface area (Å²) in [5.74, 6) is -1.37. The van der Waals surface area contributed by atoms with Crippen molar-refractivity contribution < 1.29 is 19.5 Å². The van der Waals surface area contributed by atoms with E-state index in [1.165, 1.54) is 0 Å². The zero-order valence-electron chi connectivity index (χ0n) is 14.6. The summed E-state index contributed by atoms with van der Waals surface area (Å²) < 4.78 is 0. The smallest absolute Gasteiger partial charge is 0.311 e. The zero-order valence-corrected chi connectivity index (χ0v) is 14.6. The molecule has 0 aliphatic carbocycles. The third-order valence-electron chi connectivity index (χ3n) is 5.56. The number of amides is 2. The average molecular weight is 344 g/mol. The number of rotatable bonds is 4. The first kappa shape index (κ1) is 17.5. The van der Waals surface area contributed by atoms with Crippen LogP contribution in [0, 0.1) is 11.3 Å². The number of hydrogen-bond acceptors (Lipinski definition) is 3. The predicted octanol–water partition coefficient (Wildman–Crippen LogP) is 1.92. The van der Waals surface area contributed by atoms with Gasteiger partial charge in [-0.05, 0) is 25.8 Å². The molecular formula is C19H24N2O4. The van der Waals surface area contributed by atoms with Crippen LogP contribution in [-0.4, -0.2) is 52.3 Å². The van der Waals surface area contributed by atoms with Gasteiger partial charge in [-0.2, -0.15) is 0 Å². The first-order chi connectivity index (χ1) is 11.8. The molecule has 6 nitrogen and oxygen atoms in total. The molecule has 0 spiro atoms. The van der Waals surface area contributed by atoms with E-state index >= 15 is 0 Å². The van der Waals surface area contributed by atoms with Crippen molar-refractivity contribution in [3.63, 3.8) is 0 Å². The number of benzene rings is 1. The fourth-order valence-corrected chi connectivity index (χ4v) is 3.76. The largest absolute Gasteiger partial charge is 0.481 e. The van der Waals surface area contributed by atoms with E-state index in [9.17, 15) is 19.5 Å². The van der Waals surface area contributed by atoms with Crippen LogP contribution in [0.3, 0.4) is 0 Å². The van der Waals surface area contributed by atoms with Crippen molar-refractivity contribution in [3.8, 4) is 0 Å². The van der Waals surface area contributed by atoms with Crippen molar-refractivity contribution in [2.45, 2.75) is 32.7 Å². The number of likely N-dealkylation sites (tertiary alicyclic amines) is 2. The fourth-order valence-electron chi connectivity index (χ4n) is 3.76. The second-order valence-electron chi connectivity index (χ2n) is 7.41. The molecule has 6 heteroatoms. The monoisotopic (exact) mass is 344 g/mol. The van der Waals surface area contributed by atoms with E-state index in [1.807, 2.05) is 37.3 Å². The quantitative estimate of drug-likeness (QED) is 0.905. The van der Waals surface area contributed by atoms with Crippen molar-refractivity contribution in [3.05, 3.63) is 35.9 Å². The molecule has 3 rings (SSSR count). The molecule has 134 valence electrons. The summed E-state index contributed by atoms with van der Waals surface area (Å²) in [6, 6.07) is 9.69. The van der Waals surface area contributed by atoms with E-state index in [2.05, 4.69) is 0 Å². The summed E-state index contributed by atoms with van der Waals surface area (Å²) >= 11 is 0. The Bertz CT molecular complexity index is 690. The molecule has 2 fully saturated rings. The number of aliphatic carboxylic acids is 1. The maximum Gasteiger partial charge on any atom is 0.311 e. The van der Waals surface area contributed by atoms with Gasteiger partial charge < -0.3 is 14.9 Å². The minimum absolute atomic E-state index is 0.0186. The number of nitrogens with zero attached hydrogens (tertiary/aromatic N) is 2. The van der Waals surface area contributed by atoms with E-state index in [1.54, 1.807) is 16.7 Å². The van der Waals surface area contributed by atoms with Crippen molar-refractivity contribution in [1.82, 2.24) is 9.80 Å². The Morgan fingerprint density at radius 3 is 2.56 bits per heavy atom. The second-order valence-corrected chi connectivity index (χ2v) is 7.41. The summed E-state index contributed by atoms with van der Waals surface area (Å²) in [4.78, 5) is 39.9. The third-order valence-corrected chi connectivity index (χ3v) is 5.56. The van der Waals surface area contributed by atoms with Crippen molar-refractivity contribution in [2.24, 2.45) is 11.3 Å². The molecule has 1 N–H and O–H groups in total. The summed E-state index contributed by atoms with van der Waals surface area (Å²) in [7, 11) is 0. The second kappa shape index (κ2) is 6.50. The topological polar surface area (TPSA) is 77.9 Å². The molecule has 1 aromatic carbocycles. The van der Waals surface area contributed by atoms with Crippen LogP contribution in [-0.2, 0) is 14.4 Å². The van der Waals surface area contributed by atoms with Gasteiger partial charge in [0, 0.05) is 26.1 Å². The standard InChI is InChI=1S/C19H24N2O4/c1-13(14-6-4-3-5-7-14)21-11-15(10-16(21)22)17(23)20-9-8-19(2,12-20)18(24)25/h3-7,13,15H,8-12H2,1-2H3,(H,24,25)/t13-,15+,19+/m1/s1. The Morgan fingerprint density at radius 2 is 1.96 bits per heavy atom. The van der Waals surface area contributed by atoms with Crippen molar-refractivity contribution in [1.29, 1.82) is 0 Å². The van der Waals surface area contributed by atoms with E-state index in [0.29, 0.717) is 19.5 Å². The molecule has 2 aliphatic rings. The lowest BCUT2D eigenvalue weighted by molar-refractivity contribution is -0.147. The van der Waals surface area contributed by atoms with Crippen LogP contribution in [0.1, 0.15) is 38.3 Å². The highest BCUT2D eigenvalue weighted by molar-refractivity contribution is 5.90. The molecule has 2 heterocycles. The fraction of sp³-hybridized carbons (Fsp3) is 0.526. The Hall–Kier alpha value is -2.37. The number of carbonyl (C=O) groups is 3. The molecule has 2 aliphatic heterocycles. The maximum atomic E-state index is 12.8. The number of carboxylic acids is 1. The van der Waals surface area contributed by atoms with E-state index in [0.717, 1.165) is 5.56 Å². The Kier molecular flexibility index (Phi) is 4.54. The lowest BCUT2D eigenvalue weighted by Crippen LogP contribution is -2.39. The number of carboxylic acid groups (broad SMARTS) is 1. The lowest BCUT2D eigenvalue weighted by atomic mass is 9.90. The van der Waals surface area contributed by atoms with Gasteiger partial charge in [0.15, 0.2) is 0 Å². The first-order valence-corrected chi connectivity index (χ1v) is 8.68. The summed E-state index contributed by atoms with van der Waals surface area (Å²) in [5, 5.41) is 9.32. The van der Waals surface area contributed by atoms with Crippen LogP contribution in [0.15, 0.2) is 30.3 Å². The van der Waals surface area contributed by atoms with Gasteiger partial charge in [0.25, 0.3) is 0 Å². The number of carbonyl (C=O) groups excluding carboxylic acids is 2. The van der Waals surface area contributed by atoms with Crippen LogP contribution >= 0.6 is 0 Å². The normalized spacial score (nSPS) is 27.6. The van der Waals surface area contributed by atoms with E-state index < -0.39 is 11.4 Å². The third kappa shape index (κ3) is 3.25.